The quantitative estimate of drug-likeness (QED) is 0.780. The summed E-state index contributed by atoms with van der Waals surface area (Å²) in [7, 11) is 0. The Labute approximate surface area is 121 Å². The van der Waals surface area contributed by atoms with Crippen molar-refractivity contribution < 1.29 is 14.3 Å². The molecule has 0 unspecified atom stereocenters. The van der Waals surface area contributed by atoms with Gasteiger partial charge < -0.3 is 14.5 Å². The van der Waals surface area contributed by atoms with Crippen molar-refractivity contribution in [3.8, 4) is 0 Å². The minimum absolute atomic E-state index is 0.100. The first-order chi connectivity index (χ1) is 9.72. The first-order valence-corrected chi connectivity index (χ1v) is 7.86. The van der Waals surface area contributed by atoms with Crippen LogP contribution in [0.25, 0.3) is 0 Å². The molecule has 0 N–H and O–H groups in total. The highest BCUT2D eigenvalue weighted by molar-refractivity contribution is 5.80. The van der Waals surface area contributed by atoms with E-state index in [9.17, 15) is 9.59 Å². The first-order valence-electron chi connectivity index (χ1n) is 7.86. The number of unbranched alkanes of at least 4 members (excludes halogenated alkanes) is 1. The van der Waals surface area contributed by atoms with Crippen molar-refractivity contribution in [1.82, 2.24) is 9.80 Å². The number of nitrogens with zero attached hydrogens (tertiary/aromatic N) is 2. The van der Waals surface area contributed by atoms with E-state index in [0.29, 0.717) is 32.7 Å². The molecule has 2 amide bonds. The van der Waals surface area contributed by atoms with Crippen LogP contribution in [0.15, 0.2) is 0 Å². The molecule has 2 aliphatic heterocycles. The van der Waals surface area contributed by atoms with Crippen LogP contribution in [0, 0.1) is 5.92 Å². The van der Waals surface area contributed by atoms with E-state index in [2.05, 4.69) is 6.92 Å². The van der Waals surface area contributed by atoms with E-state index in [1.807, 2.05) is 9.80 Å². The summed E-state index contributed by atoms with van der Waals surface area (Å²) in [4.78, 5) is 28.2. The Bertz CT molecular complexity index is 332. The zero-order chi connectivity index (χ0) is 14.4. The van der Waals surface area contributed by atoms with Crippen molar-refractivity contribution in [2.75, 3.05) is 39.4 Å². The van der Waals surface area contributed by atoms with Crippen molar-refractivity contribution in [3.05, 3.63) is 0 Å². The van der Waals surface area contributed by atoms with E-state index in [-0.39, 0.29) is 17.7 Å². The lowest BCUT2D eigenvalue weighted by Crippen LogP contribution is -2.47. The highest BCUT2D eigenvalue weighted by atomic mass is 16.5. The minimum Gasteiger partial charge on any atom is -0.378 e. The number of carbonyl (C=O) groups is 2. The van der Waals surface area contributed by atoms with E-state index in [4.69, 9.17) is 4.74 Å². The lowest BCUT2D eigenvalue weighted by Gasteiger charge is -2.35. The fourth-order valence-corrected chi connectivity index (χ4v) is 2.90. The van der Waals surface area contributed by atoms with Crippen LogP contribution in [0.3, 0.4) is 0 Å². The standard InChI is InChI=1S/C15H26N2O3/c1-2-3-4-14(18)16-7-5-13(6-8-16)15(19)17-9-11-20-12-10-17/h13H,2-12H2,1H3. The van der Waals surface area contributed by atoms with Crippen LogP contribution < -0.4 is 0 Å². The summed E-state index contributed by atoms with van der Waals surface area (Å²) < 4.78 is 5.28. The number of hydrogen-bond acceptors (Lipinski definition) is 3. The maximum Gasteiger partial charge on any atom is 0.225 e. The molecule has 0 bridgehead atoms. The molecular formula is C15H26N2O3. The van der Waals surface area contributed by atoms with Gasteiger partial charge in [-0.05, 0) is 19.3 Å². The summed E-state index contributed by atoms with van der Waals surface area (Å²) >= 11 is 0. The van der Waals surface area contributed by atoms with Crippen LogP contribution in [-0.2, 0) is 14.3 Å². The molecule has 2 heterocycles. The number of rotatable bonds is 4. The van der Waals surface area contributed by atoms with Gasteiger partial charge in [0.15, 0.2) is 0 Å². The van der Waals surface area contributed by atoms with Gasteiger partial charge in [-0.3, -0.25) is 9.59 Å². The van der Waals surface area contributed by atoms with Gasteiger partial charge in [0.25, 0.3) is 0 Å². The summed E-state index contributed by atoms with van der Waals surface area (Å²) in [5, 5.41) is 0. The second-order valence-electron chi connectivity index (χ2n) is 5.70. The molecule has 0 spiro atoms. The Balaban J connectivity index is 1.75. The molecular weight excluding hydrogens is 256 g/mol. The lowest BCUT2D eigenvalue weighted by atomic mass is 9.94. The van der Waals surface area contributed by atoms with E-state index < -0.39 is 0 Å². The third kappa shape index (κ3) is 3.95. The largest absolute Gasteiger partial charge is 0.378 e. The van der Waals surface area contributed by atoms with E-state index in [1.165, 1.54) is 0 Å². The molecule has 0 radical (unpaired) electrons. The summed E-state index contributed by atoms with van der Waals surface area (Å²) in [6.45, 7) is 6.32. The van der Waals surface area contributed by atoms with Gasteiger partial charge in [0.05, 0.1) is 13.2 Å². The van der Waals surface area contributed by atoms with Crippen LogP contribution >= 0.6 is 0 Å². The van der Waals surface area contributed by atoms with Crippen molar-refractivity contribution in [2.45, 2.75) is 39.0 Å². The second kappa shape index (κ2) is 7.62. The number of piperidine rings is 1. The molecule has 0 atom stereocenters. The molecule has 2 aliphatic rings. The molecule has 0 saturated carbocycles. The molecule has 20 heavy (non-hydrogen) atoms. The zero-order valence-electron chi connectivity index (χ0n) is 12.5. The molecule has 114 valence electrons. The number of morpholine rings is 1. The Morgan fingerprint density at radius 1 is 1.05 bits per heavy atom. The molecule has 0 aliphatic carbocycles. The Kier molecular flexibility index (Phi) is 5.83. The van der Waals surface area contributed by atoms with Crippen LogP contribution in [-0.4, -0.2) is 61.0 Å². The molecule has 0 aromatic carbocycles. The van der Waals surface area contributed by atoms with Gasteiger partial charge in [-0.25, -0.2) is 0 Å². The molecule has 0 aromatic heterocycles. The summed E-state index contributed by atoms with van der Waals surface area (Å²) in [5.74, 6) is 0.612. The maximum atomic E-state index is 12.4. The van der Waals surface area contributed by atoms with Gasteiger partial charge in [0, 0.05) is 38.5 Å². The van der Waals surface area contributed by atoms with Crippen LogP contribution in [0.4, 0.5) is 0 Å². The van der Waals surface area contributed by atoms with E-state index in [1.54, 1.807) is 0 Å². The van der Waals surface area contributed by atoms with Gasteiger partial charge in [-0.1, -0.05) is 13.3 Å². The Morgan fingerprint density at radius 2 is 1.70 bits per heavy atom. The van der Waals surface area contributed by atoms with Crippen molar-refractivity contribution in [3.63, 3.8) is 0 Å². The zero-order valence-corrected chi connectivity index (χ0v) is 12.5. The van der Waals surface area contributed by atoms with Gasteiger partial charge in [-0.15, -0.1) is 0 Å². The fraction of sp³-hybridized carbons (Fsp3) is 0.867. The summed E-state index contributed by atoms with van der Waals surface area (Å²) in [6, 6.07) is 0. The average Bonchev–Trinajstić information content (AvgIpc) is 2.53. The number of amides is 2. The predicted octanol–water partition coefficient (Wildman–Crippen LogP) is 1.27. The monoisotopic (exact) mass is 282 g/mol. The third-order valence-corrected chi connectivity index (χ3v) is 4.26. The molecule has 2 fully saturated rings. The second-order valence-corrected chi connectivity index (χ2v) is 5.70. The van der Waals surface area contributed by atoms with Crippen LogP contribution in [0.1, 0.15) is 39.0 Å². The van der Waals surface area contributed by atoms with Gasteiger partial charge in [0.2, 0.25) is 11.8 Å². The smallest absolute Gasteiger partial charge is 0.225 e. The Morgan fingerprint density at radius 3 is 2.30 bits per heavy atom. The number of hydrogen-bond donors (Lipinski definition) is 0. The number of carbonyl (C=O) groups excluding carboxylic acids is 2. The SMILES string of the molecule is CCCCC(=O)N1CCC(C(=O)N2CCOCC2)CC1. The number of ether oxygens (including phenoxy) is 1. The average molecular weight is 282 g/mol. The van der Waals surface area contributed by atoms with Crippen LogP contribution in [0.5, 0.6) is 0 Å². The highest BCUT2D eigenvalue weighted by Gasteiger charge is 2.30. The van der Waals surface area contributed by atoms with E-state index in [0.717, 1.165) is 38.8 Å². The highest BCUT2D eigenvalue weighted by Crippen LogP contribution is 2.21. The lowest BCUT2D eigenvalue weighted by molar-refractivity contribution is -0.143. The van der Waals surface area contributed by atoms with Crippen molar-refractivity contribution in [2.24, 2.45) is 5.92 Å². The summed E-state index contributed by atoms with van der Waals surface area (Å²) in [5.41, 5.74) is 0. The molecule has 0 aromatic rings. The first kappa shape index (κ1) is 15.3. The van der Waals surface area contributed by atoms with Gasteiger partial charge >= 0.3 is 0 Å². The number of likely N-dealkylation sites (tertiary alicyclic amines) is 1. The third-order valence-electron chi connectivity index (χ3n) is 4.26. The molecule has 5 heteroatoms. The maximum absolute atomic E-state index is 12.4. The topological polar surface area (TPSA) is 49.9 Å². The molecule has 5 nitrogen and oxygen atoms in total. The van der Waals surface area contributed by atoms with Crippen molar-refractivity contribution in [1.29, 1.82) is 0 Å². The molecule has 2 rings (SSSR count). The Hall–Kier alpha value is -1.10. The fourth-order valence-electron chi connectivity index (χ4n) is 2.90. The predicted molar refractivity (Wildman–Crippen MR) is 76.2 cm³/mol. The van der Waals surface area contributed by atoms with Gasteiger partial charge in [0.1, 0.15) is 0 Å². The van der Waals surface area contributed by atoms with E-state index >= 15 is 0 Å². The normalized spacial score (nSPS) is 21.1. The van der Waals surface area contributed by atoms with Crippen LogP contribution in [0.2, 0.25) is 0 Å². The minimum atomic E-state index is 0.100. The van der Waals surface area contributed by atoms with Crippen molar-refractivity contribution >= 4 is 11.8 Å². The molecule has 2 saturated heterocycles. The van der Waals surface area contributed by atoms with Gasteiger partial charge in [-0.2, -0.15) is 0 Å². The summed E-state index contributed by atoms with van der Waals surface area (Å²) in [6.07, 6.45) is 4.30.